The molecule has 110 valence electrons. The third-order valence-corrected chi connectivity index (χ3v) is 3.49. The summed E-state index contributed by atoms with van der Waals surface area (Å²) in [6, 6.07) is 5.88. The van der Waals surface area contributed by atoms with Crippen molar-refractivity contribution in [3.63, 3.8) is 0 Å². The summed E-state index contributed by atoms with van der Waals surface area (Å²) >= 11 is 3.34. The minimum absolute atomic E-state index is 0.0323. The molecule has 1 amide bonds. The minimum Gasteiger partial charge on any atom is -0.468 e. The molecule has 0 fully saturated rings. The minimum atomic E-state index is -0.729. The van der Waals surface area contributed by atoms with Gasteiger partial charge in [-0.25, -0.2) is 4.79 Å². The number of halogens is 1. The molecule has 0 saturated heterocycles. The third-order valence-electron chi connectivity index (χ3n) is 2.96. The monoisotopic (exact) mass is 342 g/mol. The standard InChI is InChI=1S/C14H19BrN2O3/c1-8(2)11(13(16)18)17-12(14(19)20-3)9-4-6-10(15)7-5-9/h4-8,11-12,17H,1-3H3,(H2,16,18)/t11-,12+/m1/s1. The summed E-state index contributed by atoms with van der Waals surface area (Å²) in [6.45, 7) is 3.72. The second-order valence-corrected chi connectivity index (χ2v) is 5.71. The Kier molecular flexibility index (Phi) is 6.16. The number of ether oxygens (including phenoxy) is 1. The molecule has 0 aliphatic rings. The zero-order valence-electron chi connectivity index (χ0n) is 11.7. The van der Waals surface area contributed by atoms with Gasteiger partial charge in [0.15, 0.2) is 0 Å². The fraction of sp³-hybridized carbons (Fsp3) is 0.429. The zero-order valence-corrected chi connectivity index (χ0v) is 13.3. The molecule has 0 aliphatic carbocycles. The number of primary amides is 1. The SMILES string of the molecule is COC(=O)[C@@H](N[C@@H](C(N)=O)C(C)C)c1ccc(Br)cc1. The van der Waals surface area contributed by atoms with Crippen molar-refractivity contribution in [3.05, 3.63) is 34.3 Å². The molecule has 6 heteroatoms. The fourth-order valence-electron chi connectivity index (χ4n) is 1.86. The molecule has 20 heavy (non-hydrogen) atoms. The van der Waals surface area contributed by atoms with Crippen molar-refractivity contribution in [3.8, 4) is 0 Å². The van der Waals surface area contributed by atoms with Crippen molar-refractivity contribution < 1.29 is 14.3 Å². The lowest BCUT2D eigenvalue weighted by molar-refractivity contribution is -0.143. The van der Waals surface area contributed by atoms with Gasteiger partial charge in [0.2, 0.25) is 5.91 Å². The van der Waals surface area contributed by atoms with E-state index in [-0.39, 0.29) is 5.92 Å². The number of nitrogens with one attached hydrogen (secondary N) is 1. The second kappa shape index (κ2) is 7.40. The predicted octanol–water partition coefficient (Wildman–Crippen LogP) is 1.76. The van der Waals surface area contributed by atoms with Crippen LogP contribution in [0.15, 0.2) is 28.7 Å². The van der Waals surface area contributed by atoms with Crippen LogP contribution >= 0.6 is 15.9 Å². The summed E-state index contributed by atoms with van der Waals surface area (Å²) < 4.78 is 5.70. The lowest BCUT2D eigenvalue weighted by atomic mass is 10.00. The molecule has 0 spiro atoms. The predicted molar refractivity (Wildman–Crippen MR) is 79.9 cm³/mol. The van der Waals surface area contributed by atoms with Gasteiger partial charge in [-0.1, -0.05) is 41.9 Å². The number of nitrogens with two attached hydrogens (primary N) is 1. The average molecular weight is 343 g/mol. The number of rotatable bonds is 6. The molecule has 1 rings (SSSR count). The summed E-state index contributed by atoms with van der Waals surface area (Å²) in [5.74, 6) is -0.986. The van der Waals surface area contributed by atoms with E-state index in [1.165, 1.54) is 7.11 Å². The molecule has 1 aromatic carbocycles. The maximum Gasteiger partial charge on any atom is 0.327 e. The summed E-state index contributed by atoms with van der Waals surface area (Å²) in [5, 5.41) is 2.98. The van der Waals surface area contributed by atoms with Crippen molar-refractivity contribution in [1.29, 1.82) is 0 Å². The molecule has 0 aromatic heterocycles. The van der Waals surface area contributed by atoms with Gasteiger partial charge in [-0.2, -0.15) is 0 Å². The van der Waals surface area contributed by atoms with Crippen molar-refractivity contribution >= 4 is 27.8 Å². The first-order valence-corrected chi connectivity index (χ1v) is 7.04. The molecule has 0 saturated carbocycles. The van der Waals surface area contributed by atoms with Crippen molar-refractivity contribution in [1.82, 2.24) is 5.32 Å². The Morgan fingerprint density at radius 1 is 1.25 bits per heavy atom. The lowest BCUT2D eigenvalue weighted by Gasteiger charge is -2.25. The summed E-state index contributed by atoms with van der Waals surface area (Å²) in [6.07, 6.45) is 0. The van der Waals surface area contributed by atoms with Gasteiger partial charge in [0.25, 0.3) is 0 Å². The Hall–Kier alpha value is -1.40. The van der Waals surface area contributed by atoms with Crippen LogP contribution in [-0.4, -0.2) is 25.0 Å². The molecule has 0 heterocycles. The molecule has 0 radical (unpaired) electrons. The maximum absolute atomic E-state index is 11.9. The summed E-state index contributed by atoms with van der Waals surface area (Å²) in [5.41, 5.74) is 6.08. The normalized spacial score (nSPS) is 13.8. The van der Waals surface area contributed by atoms with Crippen LogP contribution in [0.5, 0.6) is 0 Å². The largest absolute Gasteiger partial charge is 0.468 e. The van der Waals surface area contributed by atoms with Crippen LogP contribution in [0, 0.1) is 5.92 Å². The van der Waals surface area contributed by atoms with Crippen molar-refractivity contribution in [2.75, 3.05) is 7.11 Å². The molecule has 0 unspecified atom stereocenters. The van der Waals surface area contributed by atoms with Crippen LogP contribution in [0.2, 0.25) is 0 Å². The molecule has 1 aromatic rings. The van der Waals surface area contributed by atoms with E-state index in [4.69, 9.17) is 10.5 Å². The quantitative estimate of drug-likeness (QED) is 0.772. The molecule has 0 aliphatic heterocycles. The molecule has 5 nitrogen and oxygen atoms in total. The van der Waals surface area contributed by atoms with Gasteiger partial charge in [-0.3, -0.25) is 10.1 Å². The summed E-state index contributed by atoms with van der Waals surface area (Å²) in [4.78, 5) is 23.4. The Balaban J connectivity index is 3.04. The Bertz CT molecular complexity index is 474. The van der Waals surface area contributed by atoms with E-state index in [0.717, 1.165) is 4.47 Å². The van der Waals surface area contributed by atoms with Crippen LogP contribution in [0.4, 0.5) is 0 Å². The molecule has 3 N–H and O–H groups in total. The first-order chi connectivity index (χ1) is 9.36. The number of methoxy groups -OCH3 is 1. The number of hydrogen-bond donors (Lipinski definition) is 2. The lowest BCUT2D eigenvalue weighted by Crippen LogP contribution is -2.48. The zero-order chi connectivity index (χ0) is 15.3. The van der Waals surface area contributed by atoms with E-state index in [0.29, 0.717) is 5.56 Å². The fourth-order valence-corrected chi connectivity index (χ4v) is 2.12. The van der Waals surface area contributed by atoms with Crippen molar-refractivity contribution in [2.45, 2.75) is 25.9 Å². The number of carbonyl (C=O) groups is 2. The van der Waals surface area contributed by atoms with Gasteiger partial charge in [0, 0.05) is 4.47 Å². The van der Waals surface area contributed by atoms with E-state index >= 15 is 0 Å². The van der Waals surface area contributed by atoms with Crippen LogP contribution in [0.3, 0.4) is 0 Å². The topological polar surface area (TPSA) is 81.4 Å². The number of carbonyl (C=O) groups excluding carboxylic acids is 2. The highest BCUT2D eigenvalue weighted by molar-refractivity contribution is 9.10. The molecule has 2 atom stereocenters. The van der Waals surface area contributed by atoms with Gasteiger partial charge >= 0.3 is 5.97 Å². The van der Waals surface area contributed by atoms with E-state index < -0.39 is 24.0 Å². The van der Waals surface area contributed by atoms with E-state index in [2.05, 4.69) is 21.2 Å². The van der Waals surface area contributed by atoms with Gasteiger partial charge in [0.1, 0.15) is 6.04 Å². The number of amides is 1. The Labute approximate surface area is 127 Å². The van der Waals surface area contributed by atoms with Gasteiger partial charge in [-0.15, -0.1) is 0 Å². The summed E-state index contributed by atoms with van der Waals surface area (Å²) in [7, 11) is 1.31. The first kappa shape index (κ1) is 16.7. The first-order valence-electron chi connectivity index (χ1n) is 6.25. The van der Waals surface area contributed by atoms with Crippen LogP contribution < -0.4 is 11.1 Å². The smallest absolute Gasteiger partial charge is 0.327 e. The Morgan fingerprint density at radius 2 is 1.80 bits per heavy atom. The van der Waals surface area contributed by atoms with Crippen LogP contribution in [-0.2, 0) is 14.3 Å². The van der Waals surface area contributed by atoms with E-state index in [1.807, 2.05) is 26.0 Å². The highest BCUT2D eigenvalue weighted by Crippen LogP contribution is 2.20. The highest BCUT2D eigenvalue weighted by Gasteiger charge is 2.28. The third kappa shape index (κ3) is 4.31. The van der Waals surface area contributed by atoms with Gasteiger partial charge in [-0.05, 0) is 23.6 Å². The van der Waals surface area contributed by atoms with Gasteiger partial charge < -0.3 is 10.5 Å². The number of benzene rings is 1. The molecule has 0 bridgehead atoms. The van der Waals surface area contributed by atoms with E-state index in [1.54, 1.807) is 12.1 Å². The van der Waals surface area contributed by atoms with Crippen molar-refractivity contribution in [2.24, 2.45) is 11.7 Å². The number of hydrogen-bond acceptors (Lipinski definition) is 4. The molecular weight excluding hydrogens is 324 g/mol. The highest BCUT2D eigenvalue weighted by atomic mass is 79.9. The maximum atomic E-state index is 11.9. The number of esters is 1. The Morgan fingerprint density at radius 3 is 2.20 bits per heavy atom. The van der Waals surface area contributed by atoms with Gasteiger partial charge in [0.05, 0.1) is 13.2 Å². The second-order valence-electron chi connectivity index (χ2n) is 4.80. The average Bonchev–Trinajstić information content (AvgIpc) is 2.39. The van der Waals surface area contributed by atoms with E-state index in [9.17, 15) is 9.59 Å². The van der Waals surface area contributed by atoms with Crippen LogP contribution in [0.25, 0.3) is 0 Å². The van der Waals surface area contributed by atoms with Crippen LogP contribution in [0.1, 0.15) is 25.5 Å². The molecular formula is C14H19BrN2O3.